The summed E-state index contributed by atoms with van der Waals surface area (Å²) < 4.78 is 14.2. The Hall–Kier alpha value is -2.20. The Bertz CT molecular complexity index is 797. The van der Waals surface area contributed by atoms with Crippen molar-refractivity contribution >= 4 is 28.5 Å². The molecule has 0 fully saturated rings. The summed E-state index contributed by atoms with van der Waals surface area (Å²) in [5, 5.41) is 1.17. The molecule has 20 heavy (non-hydrogen) atoms. The van der Waals surface area contributed by atoms with E-state index in [1.54, 1.807) is 24.4 Å². The van der Waals surface area contributed by atoms with E-state index in [2.05, 4.69) is 9.97 Å². The fourth-order valence-corrected chi connectivity index (χ4v) is 2.48. The maximum Gasteiger partial charge on any atom is 0.220 e. The Morgan fingerprint density at radius 1 is 1.20 bits per heavy atom. The number of aryl methyl sites for hydroxylation is 1. The van der Waals surface area contributed by atoms with Gasteiger partial charge in [-0.15, -0.1) is 0 Å². The molecule has 0 spiro atoms. The van der Waals surface area contributed by atoms with Crippen LogP contribution in [0.5, 0.6) is 0 Å². The fraction of sp³-hybridized carbons (Fsp3) is 0.0667. The van der Waals surface area contributed by atoms with Gasteiger partial charge in [0.1, 0.15) is 5.82 Å². The van der Waals surface area contributed by atoms with Crippen molar-refractivity contribution in [1.29, 1.82) is 0 Å². The SMILES string of the molecule is Cc1cccc(F)c1-c1ccc(Cl)c2cnc(N)nc12. The van der Waals surface area contributed by atoms with E-state index in [4.69, 9.17) is 17.3 Å². The smallest absolute Gasteiger partial charge is 0.220 e. The Morgan fingerprint density at radius 2 is 2.00 bits per heavy atom. The zero-order valence-electron chi connectivity index (χ0n) is 10.7. The highest BCUT2D eigenvalue weighted by atomic mass is 35.5. The largest absolute Gasteiger partial charge is 0.368 e. The van der Waals surface area contributed by atoms with Gasteiger partial charge in [-0.3, -0.25) is 0 Å². The predicted octanol–water partition coefficient (Wildman–Crippen LogP) is 3.98. The Labute approximate surface area is 120 Å². The van der Waals surface area contributed by atoms with Crippen molar-refractivity contribution < 1.29 is 4.39 Å². The van der Waals surface area contributed by atoms with Crippen LogP contribution in [0.4, 0.5) is 10.3 Å². The number of aromatic nitrogens is 2. The average molecular weight is 288 g/mol. The molecule has 3 nitrogen and oxygen atoms in total. The summed E-state index contributed by atoms with van der Waals surface area (Å²) in [6.07, 6.45) is 1.56. The zero-order chi connectivity index (χ0) is 14.3. The molecule has 5 heteroatoms. The van der Waals surface area contributed by atoms with Crippen LogP contribution in [0.25, 0.3) is 22.0 Å². The standard InChI is InChI=1S/C15H11ClFN3/c1-8-3-2-4-12(17)13(8)9-5-6-11(16)10-7-19-15(18)20-14(9)10/h2-7H,1H3,(H2,18,19,20). The molecule has 0 aliphatic heterocycles. The molecule has 0 unspecified atom stereocenters. The van der Waals surface area contributed by atoms with E-state index in [-0.39, 0.29) is 11.8 Å². The highest BCUT2D eigenvalue weighted by molar-refractivity contribution is 6.35. The highest BCUT2D eigenvalue weighted by Gasteiger charge is 2.14. The van der Waals surface area contributed by atoms with E-state index in [0.717, 1.165) is 5.56 Å². The number of nitrogens with two attached hydrogens (primary N) is 1. The highest BCUT2D eigenvalue weighted by Crippen LogP contribution is 2.34. The maximum atomic E-state index is 14.2. The molecule has 0 saturated carbocycles. The number of nitrogen functional groups attached to an aromatic ring is 1. The minimum absolute atomic E-state index is 0.134. The Balaban J connectivity index is 2.43. The summed E-state index contributed by atoms with van der Waals surface area (Å²) in [7, 11) is 0. The Morgan fingerprint density at radius 3 is 2.75 bits per heavy atom. The van der Waals surface area contributed by atoms with Crippen LogP contribution in [-0.2, 0) is 0 Å². The number of hydrogen-bond donors (Lipinski definition) is 1. The molecule has 0 aliphatic rings. The summed E-state index contributed by atoms with van der Waals surface area (Å²) >= 11 is 6.13. The first-order chi connectivity index (χ1) is 9.58. The second-order valence-electron chi connectivity index (χ2n) is 4.52. The molecular formula is C15H11ClFN3. The zero-order valence-corrected chi connectivity index (χ0v) is 11.4. The van der Waals surface area contributed by atoms with Gasteiger partial charge in [0.2, 0.25) is 5.95 Å². The normalized spacial score (nSPS) is 10.9. The molecule has 1 aromatic heterocycles. The van der Waals surface area contributed by atoms with Crippen molar-refractivity contribution in [3.63, 3.8) is 0 Å². The van der Waals surface area contributed by atoms with Crippen molar-refractivity contribution in [2.75, 3.05) is 5.73 Å². The number of nitrogens with zero attached hydrogens (tertiary/aromatic N) is 2. The van der Waals surface area contributed by atoms with E-state index in [1.165, 1.54) is 6.07 Å². The topological polar surface area (TPSA) is 51.8 Å². The lowest BCUT2D eigenvalue weighted by Crippen LogP contribution is -1.97. The third-order valence-electron chi connectivity index (χ3n) is 3.21. The molecule has 0 amide bonds. The van der Waals surface area contributed by atoms with E-state index >= 15 is 0 Å². The first-order valence-electron chi connectivity index (χ1n) is 6.04. The summed E-state index contributed by atoms with van der Waals surface area (Å²) in [5.41, 5.74) is 8.18. The van der Waals surface area contributed by atoms with Crippen LogP contribution in [-0.4, -0.2) is 9.97 Å². The lowest BCUT2D eigenvalue weighted by Gasteiger charge is -2.11. The molecule has 3 aromatic rings. The van der Waals surface area contributed by atoms with Gasteiger partial charge in [0.25, 0.3) is 0 Å². The first kappa shape index (κ1) is 12.8. The van der Waals surface area contributed by atoms with Gasteiger partial charge < -0.3 is 5.73 Å². The fourth-order valence-electron chi connectivity index (χ4n) is 2.28. The number of anilines is 1. The number of rotatable bonds is 1. The monoisotopic (exact) mass is 287 g/mol. The number of benzene rings is 2. The van der Waals surface area contributed by atoms with Crippen LogP contribution in [0.15, 0.2) is 36.5 Å². The van der Waals surface area contributed by atoms with Gasteiger partial charge in [-0.2, -0.15) is 0 Å². The molecule has 0 atom stereocenters. The van der Waals surface area contributed by atoms with Crippen molar-refractivity contribution in [2.45, 2.75) is 6.92 Å². The number of halogens is 2. The second-order valence-corrected chi connectivity index (χ2v) is 4.92. The molecule has 3 rings (SSSR count). The van der Waals surface area contributed by atoms with Gasteiger partial charge in [-0.1, -0.05) is 29.8 Å². The molecule has 0 radical (unpaired) electrons. The molecular weight excluding hydrogens is 277 g/mol. The van der Waals surface area contributed by atoms with E-state index in [9.17, 15) is 4.39 Å². The van der Waals surface area contributed by atoms with Gasteiger partial charge in [0.05, 0.1) is 10.5 Å². The molecule has 100 valence electrons. The minimum Gasteiger partial charge on any atom is -0.368 e. The maximum absolute atomic E-state index is 14.2. The summed E-state index contributed by atoms with van der Waals surface area (Å²) in [6, 6.07) is 8.42. The molecule has 2 aromatic carbocycles. The van der Waals surface area contributed by atoms with E-state index in [1.807, 2.05) is 13.0 Å². The van der Waals surface area contributed by atoms with Crippen molar-refractivity contribution in [2.24, 2.45) is 0 Å². The van der Waals surface area contributed by atoms with Crippen LogP contribution in [0.3, 0.4) is 0 Å². The second kappa shape index (κ2) is 4.72. The number of hydrogen-bond acceptors (Lipinski definition) is 3. The van der Waals surface area contributed by atoms with Crippen molar-refractivity contribution in [3.8, 4) is 11.1 Å². The molecule has 0 aliphatic carbocycles. The lowest BCUT2D eigenvalue weighted by molar-refractivity contribution is 0.630. The van der Waals surface area contributed by atoms with Crippen LogP contribution in [0, 0.1) is 12.7 Å². The third-order valence-corrected chi connectivity index (χ3v) is 3.54. The summed E-state index contributed by atoms with van der Waals surface area (Å²) in [5.74, 6) is -0.166. The first-order valence-corrected chi connectivity index (χ1v) is 6.42. The van der Waals surface area contributed by atoms with Crippen LogP contribution in [0.2, 0.25) is 5.02 Å². The quantitative estimate of drug-likeness (QED) is 0.736. The van der Waals surface area contributed by atoms with Gasteiger partial charge in [0.15, 0.2) is 0 Å². The van der Waals surface area contributed by atoms with Gasteiger partial charge >= 0.3 is 0 Å². The van der Waals surface area contributed by atoms with Crippen LogP contribution in [0.1, 0.15) is 5.56 Å². The predicted molar refractivity (Wildman–Crippen MR) is 79.1 cm³/mol. The van der Waals surface area contributed by atoms with E-state index in [0.29, 0.717) is 27.1 Å². The van der Waals surface area contributed by atoms with Gasteiger partial charge in [-0.25, -0.2) is 14.4 Å². The molecule has 1 heterocycles. The summed E-state index contributed by atoms with van der Waals surface area (Å²) in [4.78, 5) is 8.15. The summed E-state index contributed by atoms with van der Waals surface area (Å²) in [6.45, 7) is 1.85. The average Bonchev–Trinajstić information content (AvgIpc) is 2.41. The van der Waals surface area contributed by atoms with Crippen LogP contribution >= 0.6 is 11.6 Å². The van der Waals surface area contributed by atoms with Gasteiger partial charge in [0, 0.05) is 22.7 Å². The van der Waals surface area contributed by atoms with Crippen molar-refractivity contribution in [1.82, 2.24) is 9.97 Å². The molecule has 2 N–H and O–H groups in total. The molecule has 0 saturated heterocycles. The van der Waals surface area contributed by atoms with E-state index < -0.39 is 0 Å². The minimum atomic E-state index is -0.300. The number of fused-ring (bicyclic) bond motifs is 1. The van der Waals surface area contributed by atoms with Crippen molar-refractivity contribution in [3.05, 3.63) is 52.9 Å². The molecule has 0 bridgehead atoms. The lowest BCUT2D eigenvalue weighted by atomic mass is 9.98. The van der Waals surface area contributed by atoms with Gasteiger partial charge in [-0.05, 0) is 24.6 Å². The van der Waals surface area contributed by atoms with Crippen LogP contribution < -0.4 is 5.73 Å². The third kappa shape index (κ3) is 1.98. The Kier molecular flexibility index (Phi) is 3.03.